The van der Waals surface area contributed by atoms with E-state index in [0.717, 1.165) is 0 Å². The number of hydrogen-bond donors (Lipinski definition) is 2. The Bertz CT molecular complexity index is 376. The minimum Gasteiger partial charge on any atom is -0.394 e. The third-order valence-corrected chi connectivity index (χ3v) is 3.04. The maximum absolute atomic E-state index is 11.6. The average Bonchev–Trinajstić information content (AvgIpc) is 2.81. The number of aliphatic hydroxyl groups excluding tert-OH is 1. The molecule has 0 aromatic carbocycles. The zero-order chi connectivity index (χ0) is 14.2. The summed E-state index contributed by atoms with van der Waals surface area (Å²) in [5.41, 5.74) is 0. The molecule has 0 saturated carbocycles. The molecule has 2 rings (SSSR count). The number of fused-ring (bicyclic) bond motifs is 1. The van der Waals surface area contributed by atoms with E-state index < -0.39 is 36.4 Å². The van der Waals surface area contributed by atoms with Crippen molar-refractivity contribution in [2.75, 3.05) is 13.7 Å². The Morgan fingerprint density at radius 3 is 2.74 bits per heavy atom. The molecule has 19 heavy (non-hydrogen) atoms. The fourth-order valence-electron chi connectivity index (χ4n) is 2.18. The second-order valence-corrected chi connectivity index (χ2v) is 4.91. The standard InChI is InChI=1S/C10H17N3O6/c1-10(2)18-7-6(11-9(15)13(3)12-16)5(4-14)17-8(7)19-10/h5-8,14H,4H2,1-3H3,(H,11,15)/t5-,6-,7-,8-/m1/s1. The number of aliphatic hydroxyl groups is 1. The summed E-state index contributed by atoms with van der Waals surface area (Å²) < 4.78 is 16.6. The Morgan fingerprint density at radius 1 is 1.47 bits per heavy atom. The lowest BCUT2D eigenvalue weighted by Gasteiger charge is -2.25. The Morgan fingerprint density at radius 2 is 2.16 bits per heavy atom. The fraction of sp³-hybridized carbons (Fsp3) is 0.900. The van der Waals surface area contributed by atoms with Gasteiger partial charge in [0.1, 0.15) is 12.2 Å². The van der Waals surface area contributed by atoms with Gasteiger partial charge in [-0.3, -0.25) is 0 Å². The molecule has 9 heteroatoms. The first-order chi connectivity index (χ1) is 8.88. The molecule has 2 heterocycles. The monoisotopic (exact) mass is 275 g/mol. The molecule has 108 valence electrons. The van der Waals surface area contributed by atoms with Crippen LogP contribution in [0.15, 0.2) is 5.29 Å². The van der Waals surface area contributed by atoms with Crippen molar-refractivity contribution < 1.29 is 24.1 Å². The summed E-state index contributed by atoms with van der Waals surface area (Å²) in [6.07, 6.45) is -1.86. The summed E-state index contributed by atoms with van der Waals surface area (Å²) >= 11 is 0. The van der Waals surface area contributed by atoms with Crippen molar-refractivity contribution in [3.05, 3.63) is 4.91 Å². The van der Waals surface area contributed by atoms with Crippen molar-refractivity contribution in [1.29, 1.82) is 0 Å². The third-order valence-electron chi connectivity index (χ3n) is 3.04. The Kier molecular flexibility index (Phi) is 3.72. The van der Waals surface area contributed by atoms with Gasteiger partial charge in [-0.05, 0) is 13.8 Å². The SMILES string of the molecule is CN(N=O)C(=O)N[C@H]1[C@H]2OC(C)(C)O[C@H]2O[C@@H]1CO. The first kappa shape index (κ1) is 14.1. The molecule has 2 aliphatic heterocycles. The molecule has 2 saturated heterocycles. The second kappa shape index (κ2) is 5.00. The maximum atomic E-state index is 11.6. The summed E-state index contributed by atoms with van der Waals surface area (Å²) in [6.45, 7) is 3.14. The van der Waals surface area contributed by atoms with Gasteiger partial charge < -0.3 is 24.6 Å². The predicted octanol–water partition coefficient (Wildman–Crippen LogP) is -0.454. The third kappa shape index (κ3) is 2.68. The molecule has 2 fully saturated rings. The van der Waals surface area contributed by atoms with Gasteiger partial charge in [0, 0.05) is 7.05 Å². The van der Waals surface area contributed by atoms with Crippen molar-refractivity contribution in [2.45, 2.75) is 44.2 Å². The highest BCUT2D eigenvalue weighted by molar-refractivity contribution is 5.74. The van der Waals surface area contributed by atoms with Gasteiger partial charge in [0.2, 0.25) is 0 Å². The predicted molar refractivity (Wildman–Crippen MR) is 61.7 cm³/mol. The van der Waals surface area contributed by atoms with Crippen molar-refractivity contribution in [3.63, 3.8) is 0 Å². The van der Waals surface area contributed by atoms with Gasteiger partial charge >= 0.3 is 6.03 Å². The van der Waals surface area contributed by atoms with Crippen LogP contribution in [0.5, 0.6) is 0 Å². The van der Waals surface area contributed by atoms with Gasteiger partial charge in [-0.2, -0.15) is 5.01 Å². The van der Waals surface area contributed by atoms with Crippen LogP contribution >= 0.6 is 0 Å². The Labute approximate surface area is 109 Å². The number of nitrogens with zero attached hydrogens (tertiary/aromatic N) is 2. The van der Waals surface area contributed by atoms with E-state index >= 15 is 0 Å². The normalized spacial score (nSPS) is 35.8. The van der Waals surface area contributed by atoms with Crippen LogP contribution in [0, 0.1) is 4.91 Å². The molecular formula is C10H17N3O6. The Hall–Kier alpha value is -1.29. The van der Waals surface area contributed by atoms with Crippen molar-refractivity contribution in [2.24, 2.45) is 5.29 Å². The summed E-state index contributed by atoms with van der Waals surface area (Å²) in [5.74, 6) is -0.826. The molecule has 0 aromatic rings. The van der Waals surface area contributed by atoms with E-state index in [1.807, 2.05) is 0 Å². The van der Waals surface area contributed by atoms with Crippen LogP contribution < -0.4 is 5.32 Å². The Balaban J connectivity index is 2.08. The first-order valence-corrected chi connectivity index (χ1v) is 5.87. The maximum Gasteiger partial charge on any atom is 0.340 e. The number of amides is 2. The average molecular weight is 275 g/mol. The molecule has 0 radical (unpaired) electrons. The quantitative estimate of drug-likeness (QED) is 0.533. The zero-order valence-corrected chi connectivity index (χ0v) is 10.9. The lowest BCUT2D eigenvalue weighted by molar-refractivity contribution is -0.210. The van der Waals surface area contributed by atoms with Crippen LogP contribution in [0.2, 0.25) is 0 Å². The number of hydrogen-bond acceptors (Lipinski definition) is 7. The molecule has 0 unspecified atom stereocenters. The van der Waals surface area contributed by atoms with Crippen LogP contribution in [-0.4, -0.2) is 60.1 Å². The molecule has 0 bridgehead atoms. The molecule has 9 nitrogen and oxygen atoms in total. The smallest absolute Gasteiger partial charge is 0.340 e. The lowest BCUT2D eigenvalue weighted by atomic mass is 10.1. The number of carbonyl (C=O) groups is 1. The molecular weight excluding hydrogens is 258 g/mol. The van der Waals surface area contributed by atoms with Crippen molar-refractivity contribution >= 4 is 6.03 Å². The van der Waals surface area contributed by atoms with E-state index in [0.29, 0.717) is 5.01 Å². The van der Waals surface area contributed by atoms with Gasteiger partial charge in [-0.25, -0.2) is 4.79 Å². The van der Waals surface area contributed by atoms with E-state index in [4.69, 9.17) is 14.2 Å². The number of nitrogens with one attached hydrogen (secondary N) is 1. The summed E-state index contributed by atoms with van der Waals surface area (Å²) in [4.78, 5) is 21.9. The molecule has 2 amide bonds. The highest BCUT2D eigenvalue weighted by Gasteiger charge is 2.55. The second-order valence-electron chi connectivity index (χ2n) is 4.91. The molecule has 4 atom stereocenters. The largest absolute Gasteiger partial charge is 0.394 e. The molecule has 2 N–H and O–H groups in total. The van der Waals surface area contributed by atoms with E-state index in [9.17, 15) is 14.8 Å². The molecule has 0 spiro atoms. The summed E-state index contributed by atoms with van der Waals surface area (Å²) in [7, 11) is 1.22. The number of carbonyl (C=O) groups excluding carboxylic acids is 1. The number of nitroso groups, excluding NO2 is 1. The van der Waals surface area contributed by atoms with E-state index in [1.165, 1.54) is 7.05 Å². The fourth-order valence-corrected chi connectivity index (χ4v) is 2.18. The van der Waals surface area contributed by atoms with Gasteiger partial charge in [0.15, 0.2) is 12.1 Å². The van der Waals surface area contributed by atoms with Crippen molar-refractivity contribution in [1.82, 2.24) is 10.3 Å². The van der Waals surface area contributed by atoms with Crippen LogP contribution in [0.1, 0.15) is 13.8 Å². The number of urea groups is 1. The highest BCUT2D eigenvalue weighted by atomic mass is 16.8. The van der Waals surface area contributed by atoms with Crippen molar-refractivity contribution in [3.8, 4) is 0 Å². The number of ether oxygens (including phenoxy) is 3. The molecule has 2 aliphatic rings. The van der Waals surface area contributed by atoms with Crippen LogP contribution in [-0.2, 0) is 14.2 Å². The zero-order valence-electron chi connectivity index (χ0n) is 10.9. The first-order valence-electron chi connectivity index (χ1n) is 5.87. The van der Waals surface area contributed by atoms with Crippen LogP contribution in [0.25, 0.3) is 0 Å². The minimum atomic E-state index is -0.826. The number of rotatable bonds is 3. The van der Waals surface area contributed by atoms with Crippen LogP contribution in [0.3, 0.4) is 0 Å². The van der Waals surface area contributed by atoms with Gasteiger partial charge in [-0.15, -0.1) is 4.91 Å². The van der Waals surface area contributed by atoms with Crippen LogP contribution in [0.4, 0.5) is 4.79 Å². The lowest BCUT2D eigenvalue weighted by Crippen LogP contribution is -2.51. The molecule has 0 aliphatic carbocycles. The van der Waals surface area contributed by atoms with E-state index in [1.54, 1.807) is 13.8 Å². The molecule has 0 aromatic heterocycles. The van der Waals surface area contributed by atoms with Gasteiger partial charge in [-0.1, -0.05) is 0 Å². The summed E-state index contributed by atoms with van der Waals surface area (Å²) in [5, 5.41) is 14.9. The summed E-state index contributed by atoms with van der Waals surface area (Å²) in [6, 6.07) is -1.32. The van der Waals surface area contributed by atoms with Gasteiger partial charge in [0.05, 0.1) is 17.9 Å². The van der Waals surface area contributed by atoms with Gasteiger partial charge in [0.25, 0.3) is 0 Å². The topological polar surface area (TPSA) is 110 Å². The highest BCUT2D eigenvalue weighted by Crippen LogP contribution is 2.37. The van der Waals surface area contributed by atoms with E-state index in [2.05, 4.69) is 10.6 Å². The van der Waals surface area contributed by atoms with E-state index in [-0.39, 0.29) is 6.61 Å². The minimum absolute atomic E-state index is 0.302.